The fraction of sp³-hybridized carbons (Fsp3) is 0.556. The van der Waals surface area contributed by atoms with Gasteiger partial charge in [-0.25, -0.2) is 4.79 Å². The second-order valence-corrected chi connectivity index (χ2v) is 6.20. The summed E-state index contributed by atoms with van der Waals surface area (Å²) in [5, 5.41) is 11.7. The van der Waals surface area contributed by atoms with Crippen LogP contribution in [0.15, 0.2) is 12.1 Å². The normalized spacial score (nSPS) is 16.5. The summed E-state index contributed by atoms with van der Waals surface area (Å²) in [5.74, 6) is 1.44. The number of amides is 2. The van der Waals surface area contributed by atoms with Gasteiger partial charge in [-0.3, -0.25) is 0 Å². The van der Waals surface area contributed by atoms with E-state index in [9.17, 15) is 4.79 Å². The first-order valence-electron chi connectivity index (χ1n) is 8.28. The molecule has 6 nitrogen and oxygen atoms in total. The van der Waals surface area contributed by atoms with E-state index in [1.54, 1.807) is 14.0 Å². The van der Waals surface area contributed by atoms with Gasteiger partial charge in [0.25, 0.3) is 0 Å². The number of hydrogen-bond donors (Lipinski definition) is 1. The van der Waals surface area contributed by atoms with Gasteiger partial charge in [0, 0.05) is 37.7 Å². The molecule has 1 aromatic carbocycles. The summed E-state index contributed by atoms with van der Waals surface area (Å²) >= 11 is 0. The number of nitrogens with zero attached hydrogens (tertiary/aromatic N) is 2. The lowest BCUT2D eigenvalue weighted by molar-refractivity contribution is 0.205. The number of rotatable bonds is 6. The van der Waals surface area contributed by atoms with Gasteiger partial charge in [-0.15, -0.1) is 0 Å². The second-order valence-electron chi connectivity index (χ2n) is 6.20. The molecule has 1 heterocycles. The molecule has 0 aliphatic carbocycles. The minimum atomic E-state index is -0.214. The average molecular weight is 331 g/mol. The fourth-order valence-corrected chi connectivity index (χ4v) is 2.75. The first kappa shape index (κ1) is 17.9. The summed E-state index contributed by atoms with van der Waals surface area (Å²) in [4.78, 5) is 13.7. The quantitative estimate of drug-likeness (QED) is 0.870. The molecule has 1 aliphatic rings. The molecule has 0 unspecified atom stereocenters. The van der Waals surface area contributed by atoms with E-state index < -0.39 is 0 Å². The molecule has 2 amide bonds. The molecule has 0 radical (unpaired) electrons. The Balaban J connectivity index is 2.05. The van der Waals surface area contributed by atoms with Gasteiger partial charge in [0.05, 0.1) is 18.6 Å². The molecule has 1 N–H and O–H groups in total. The largest absolute Gasteiger partial charge is 0.494 e. The van der Waals surface area contributed by atoms with Crippen molar-refractivity contribution in [2.24, 2.45) is 5.92 Å². The summed E-state index contributed by atoms with van der Waals surface area (Å²) < 4.78 is 11.5. The summed E-state index contributed by atoms with van der Waals surface area (Å²) in [6.45, 7) is 7.07. The third-order valence-electron chi connectivity index (χ3n) is 3.92. The first-order valence-corrected chi connectivity index (χ1v) is 8.28. The number of carbonyl (C=O) groups excluding carboxylic acids is 1. The predicted molar refractivity (Wildman–Crippen MR) is 91.0 cm³/mol. The Labute approximate surface area is 143 Å². The summed E-state index contributed by atoms with van der Waals surface area (Å²) in [6, 6.07) is 5.86. The molecule has 0 spiro atoms. The zero-order chi connectivity index (χ0) is 17.7. The second kappa shape index (κ2) is 7.91. The number of benzene rings is 1. The van der Waals surface area contributed by atoms with E-state index in [1.165, 1.54) is 4.90 Å². The van der Waals surface area contributed by atoms with Crippen molar-refractivity contribution in [2.45, 2.75) is 39.8 Å². The van der Waals surface area contributed by atoms with Crippen molar-refractivity contribution >= 4 is 6.03 Å². The van der Waals surface area contributed by atoms with Gasteiger partial charge in [-0.05, 0) is 32.9 Å². The lowest BCUT2D eigenvalue weighted by Crippen LogP contribution is -2.39. The number of nitrogens with one attached hydrogen (secondary N) is 1. The maximum absolute atomic E-state index is 12.2. The molecular formula is C18H25N3O3. The van der Waals surface area contributed by atoms with E-state index in [-0.39, 0.29) is 18.1 Å². The number of fused-ring (bicyclic) bond motifs is 1. The molecule has 0 saturated heterocycles. The van der Waals surface area contributed by atoms with Crippen molar-refractivity contribution in [2.75, 3.05) is 20.2 Å². The average Bonchev–Trinajstić information content (AvgIpc) is 2.91. The molecule has 0 bridgehead atoms. The zero-order valence-electron chi connectivity index (χ0n) is 14.8. The zero-order valence-corrected chi connectivity index (χ0v) is 14.8. The number of hydrogen-bond acceptors (Lipinski definition) is 4. The van der Waals surface area contributed by atoms with Crippen molar-refractivity contribution in [3.8, 4) is 17.6 Å². The van der Waals surface area contributed by atoms with E-state index in [0.29, 0.717) is 19.7 Å². The van der Waals surface area contributed by atoms with Crippen LogP contribution in [0, 0.1) is 17.2 Å². The maximum Gasteiger partial charge on any atom is 0.317 e. The Bertz CT molecular complexity index is 639. The van der Waals surface area contributed by atoms with Crippen molar-refractivity contribution in [3.05, 3.63) is 23.3 Å². The van der Waals surface area contributed by atoms with Gasteiger partial charge in [-0.1, -0.05) is 0 Å². The van der Waals surface area contributed by atoms with Crippen molar-refractivity contribution in [1.29, 1.82) is 5.26 Å². The minimum absolute atomic E-state index is 0.165. The predicted octanol–water partition coefficient (Wildman–Crippen LogP) is 2.71. The van der Waals surface area contributed by atoms with Crippen LogP contribution in [0.2, 0.25) is 0 Å². The smallest absolute Gasteiger partial charge is 0.317 e. The Morgan fingerprint density at radius 3 is 3.00 bits per heavy atom. The van der Waals surface area contributed by atoms with Crippen LogP contribution in [0.5, 0.6) is 11.5 Å². The van der Waals surface area contributed by atoms with Crippen molar-refractivity contribution < 1.29 is 14.3 Å². The summed E-state index contributed by atoms with van der Waals surface area (Å²) in [6.07, 6.45) is 1.04. The van der Waals surface area contributed by atoms with E-state index in [4.69, 9.17) is 14.7 Å². The summed E-state index contributed by atoms with van der Waals surface area (Å²) in [7, 11) is 1.68. The molecule has 6 heteroatoms. The minimum Gasteiger partial charge on any atom is -0.494 e. The van der Waals surface area contributed by atoms with Crippen LogP contribution in [-0.2, 0) is 13.0 Å². The van der Waals surface area contributed by atoms with Crippen LogP contribution in [0.25, 0.3) is 0 Å². The van der Waals surface area contributed by atoms with Crippen LogP contribution >= 0.6 is 0 Å². The third kappa shape index (κ3) is 4.31. The van der Waals surface area contributed by atoms with Gasteiger partial charge in [0.1, 0.15) is 17.6 Å². The Morgan fingerprint density at radius 2 is 2.33 bits per heavy atom. The molecule has 0 fully saturated rings. The maximum atomic E-state index is 12.2. The Morgan fingerprint density at radius 1 is 1.58 bits per heavy atom. The van der Waals surface area contributed by atoms with E-state index in [0.717, 1.165) is 29.0 Å². The molecule has 2 rings (SSSR count). The molecule has 0 saturated carbocycles. The molecule has 1 aliphatic heterocycles. The van der Waals surface area contributed by atoms with E-state index in [2.05, 4.69) is 11.4 Å². The number of ether oxygens (including phenoxy) is 2. The third-order valence-corrected chi connectivity index (χ3v) is 3.92. The van der Waals surface area contributed by atoms with Gasteiger partial charge in [-0.2, -0.15) is 5.26 Å². The number of nitriles is 1. The van der Waals surface area contributed by atoms with E-state index >= 15 is 0 Å². The van der Waals surface area contributed by atoms with Crippen molar-refractivity contribution in [1.82, 2.24) is 10.2 Å². The van der Waals surface area contributed by atoms with Gasteiger partial charge in [0.2, 0.25) is 0 Å². The van der Waals surface area contributed by atoms with Crippen molar-refractivity contribution in [3.63, 3.8) is 0 Å². The number of carbonyl (C=O) groups is 1. The van der Waals surface area contributed by atoms with Crippen LogP contribution < -0.4 is 14.8 Å². The molecular weight excluding hydrogens is 306 g/mol. The monoisotopic (exact) mass is 331 g/mol. The molecule has 2 atom stereocenters. The molecule has 24 heavy (non-hydrogen) atoms. The highest BCUT2D eigenvalue weighted by molar-refractivity contribution is 5.74. The highest BCUT2D eigenvalue weighted by Crippen LogP contribution is 2.35. The molecule has 1 aromatic rings. The van der Waals surface area contributed by atoms with Crippen LogP contribution in [0.4, 0.5) is 4.79 Å². The van der Waals surface area contributed by atoms with Crippen LogP contribution in [0.3, 0.4) is 0 Å². The van der Waals surface area contributed by atoms with Crippen LogP contribution in [0.1, 0.15) is 31.9 Å². The molecule has 130 valence electrons. The highest BCUT2D eigenvalue weighted by atomic mass is 16.5. The van der Waals surface area contributed by atoms with Gasteiger partial charge >= 0.3 is 6.03 Å². The Kier molecular flexibility index (Phi) is 5.91. The Hall–Kier alpha value is -2.42. The van der Waals surface area contributed by atoms with Crippen LogP contribution in [-0.4, -0.2) is 37.2 Å². The van der Waals surface area contributed by atoms with Gasteiger partial charge < -0.3 is 19.7 Å². The standard InChI is InChI=1S/C18H25N3O3/c1-5-23-16-7-14-6-13(3)24-17(14)8-15(16)10-20-18(22)21(4)11-12(2)9-19/h7-8,12-13H,5-6,10-11H2,1-4H3,(H,20,22)/t12-,13+/m1/s1. The SMILES string of the molecule is CCOc1cc2c(cc1CNC(=O)N(C)C[C@H](C)C#N)O[C@@H](C)C2. The lowest BCUT2D eigenvalue weighted by Gasteiger charge is -2.20. The van der Waals surface area contributed by atoms with Gasteiger partial charge in [0.15, 0.2) is 0 Å². The number of urea groups is 1. The fourth-order valence-electron chi connectivity index (χ4n) is 2.75. The van der Waals surface area contributed by atoms with E-state index in [1.807, 2.05) is 26.0 Å². The topological polar surface area (TPSA) is 74.6 Å². The summed E-state index contributed by atoms with van der Waals surface area (Å²) in [5.41, 5.74) is 2.03. The highest BCUT2D eigenvalue weighted by Gasteiger charge is 2.22. The lowest BCUT2D eigenvalue weighted by atomic mass is 10.1. The first-order chi connectivity index (χ1) is 11.4. The molecule has 0 aromatic heterocycles.